The minimum Gasteiger partial charge on any atom is -0.371 e. The topological polar surface area (TPSA) is 90.6 Å². The monoisotopic (exact) mass is 323 g/mol. The smallest absolute Gasteiger partial charge is 0.348 e. The van der Waals surface area contributed by atoms with Gasteiger partial charge >= 0.3 is 5.69 Å². The second-order valence-electron chi connectivity index (χ2n) is 5.63. The van der Waals surface area contributed by atoms with Crippen LogP contribution in [0.3, 0.4) is 0 Å². The van der Waals surface area contributed by atoms with E-state index in [0.29, 0.717) is 29.7 Å². The predicted molar refractivity (Wildman–Crippen MR) is 87.8 cm³/mol. The number of hydrogen-bond donors (Lipinski definition) is 0. The minimum atomic E-state index is -0.451. The molecule has 0 saturated carbocycles. The summed E-state index contributed by atoms with van der Waals surface area (Å²) < 4.78 is 6.71. The van der Waals surface area contributed by atoms with Gasteiger partial charge in [0.1, 0.15) is 0 Å². The van der Waals surface area contributed by atoms with Gasteiger partial charge < -0.3 is 4.74 Å². The number of nitro benzene ring substituents is 1. The van der Waals surface area contributed by atoms with Crippen LogP contribution in [0, 0.1) is 10.1 Å². The Morgan fingerprint density at radius 3 is 2.67 bits per heavy atom. The largest absolute Gasteiger partial charge is 0.371 e. The molecule has 0 amide bonds. The first kappa shape index (κ1) is 14.5. The van der Waals surface area contributed by atoms with Crippen molar-refractivity contribution in [3.63, 3.8) is 0 Å². The number of fused-ring (bicyclic) bond motifs is 1. The molecule has 1 aliphatic heterocycles. The molecule has 1 saturated heterocycles. The van der Waals surface area contributed by atoms with Crippen LogP contribution in [0.5, 0.6) is 0 Å². The van der Waals surface area contributed by atoms with Crippen molar-refractivity contribution in [2.75, 3.05) is 6.61 Å². The quantitative estimate of drug-likeness (QED) is 0.418. The number of ether oxygens (including phenoxy) is 1. The highest BCUT2D eigenvalue weighted by Crippen LogP contribution is 2.29. The van der Waals surface area contributed by atoms with Crippen molar-refractivity contribution in [1.82, 2.24) is 9.55 Å². The van der Waals surface area contributed by atoms with Crippen molar-refractivity contribution in [3.8, 4) is 11.3 Å². The molecule has 2 aromatic carbocycles. The van der Waals surface area contributed by atoms with Gasteiger partial charge in [0.05, 0.1) is 35.4 Å². The third-order valence-electron chi connectivity index (χ3n) is 4.01. The second-order valence-corrected chi connectivity index (χ2v) is 5.63. The maximum absolute atomic E-state index is 12.5. The summed E-state index contributed by atoms with van der Waals surface area (Å²) in [6.45, 7) is 1.01. The summed E-state index contributed by atoms with van der Waals surface area (Å²) in [6, 6.07) is 13.7. The molecule has 24 heavy (non-hydrogen) atoms. The third kappa shape index (κ3) is 2.55. The zero-order chi connectivity index (χ0) is 16.7. The molecule has 4 rings (SSSR count). The summed E-state index contributed by atoms with van der Waals surface area (Å²) in [4.78, 5) is 27.3. The second kappa shape index (κ2) is 5.54. The first-order valence-electron chi connectivity index (χ1n) is 7.49. The zero-order valence-electron chi connectivity index (χ0n) is 12.6. The van der Waals surface area contributed by atoms with Crippen molar-refractivity contribution in [1.29, 1.82) is 0 Å². The minimum absolute atomic E-state index is 0.00506. The molecule has 0 aliphatic carbocycles. The van der Waals surface area contributed by atoms with Crippen molar-refractivity contribution in [3.05, 3.63) is 69.1 Å². The fourth-order valence-electron chi connectivity index (χ4n) is 2.75. The van der Waals surface area contributed by atoms with Gasteiger partial charge in [0.2, 0.25) is 0 Å². The maximum Gasteiger partial charge on any atom is 0.348 e. The molecule has 1 fully saturated rings. The van der Waals surface area contributed by atoms with Gasteiger partial charge in [0, 0.05) is 23.1 Å². The number of hydrogen-bond acceptors (Lipinski definition) is 5. The highest BCUT2D eigenvalue weighted by Gasteiger charge is 2.25. The van der Waals surface area contributed by atoms with Gasteiger partial charge in [-0.05, 0) is 6.07 Å². The number of benzene rings is 2. The third-order valence-corrected chi connectivity index (χ3v) is 4.01. The molecule has 3 aromatic rings. The van der Waals surface area contributed by atoms with Gasteiger partial charge in [-0.25, -0.2) is 4.79 Å². The lowest BCUT2D eigenvalue weighted by atomic mass is 10.1. The highest BCUT2D eigenvalue weighted by molar-refractivity contribution is 5.93. The summed E-state index contributed by atoms with van der Waals surface area (Å²) in [5, 5.41) is 11.7. The van der Waals surface area contributed by atoms with E-state index in [9.17, 15) is 14.9 Å². The Bertz CT molecular complexity index is 994. The van der Waals surface area contributed by atoms with Crippen LogP contribution in [0.15, 0.2) is 53.3 Å². The van der Waals surface area contributed by atoms with E-state index in [1.807, 2.05) is 30.3 Å². The molecule has 1 aliphatic rings. The summed E-state index contributed by atoms with van der Waals surface area (Å²) in [5.74, 6) is 0. The summed E-state index contributed by atoms with van der Waals surface area (Å²) >= 11 is 0. The van der Waals surface area contributed by atoms with Gasteiger partial charge in [-0.3, -0.25) is 14.7 Å². The molecule has 0 N–H and O–H groups in total. The van der Waals surface area contributed by atoms with Gasteiger partial charge in [-0.2, -0.15) is 4.98 Å². The number of aromatic nitrogens is 2. The molecule has 120 valence electrons. The van der Waals surface area contributed by atoms with E-state index in [4.69, 9.17) is 4.74 Å². The van der Waals surface area contributed by atoms with Gasteiger partial charge in [-0.1, -0.05) is 30.3 Å². The SMILES string of the molecule is O=c1nc(-c2ccccc2)c2cc([N+](=O)[O-])ccc2n1CC1CO1. The number of nitrogens with zero attached hydrogens (tertiary/aromatic N) is 3. The lowest BCUT2D eigenvalue weighted by Gasteiger charge is -2.12. The lowest BCUT2D eigenvalue weighted by Crippen LogP contribution is -2.26. The zero-order valence-corrected chi connectivity index (χ0v) is 12.6. The predicted octanol–water partition coefficient (Wildman–Crippen LogP) is 2.37. The molecule has 0 bridgehead atoms. The van der Waals surface area contributed by atoms with E-state index >= 15 is 0 Å². The fraction of sp³-hybridized carbons (Fsp3) is 0.176. The van der Waals surface area contributed by atoms with E-state index in [-0.39, 0.29) is 17.5 Å². The van der Waals surface area contributed by atoms with Crippen LogP contribution < -0.4 is 5.69 Å². The van der Waals surface area contributed by atoms with Gasteiger partial charge in [-0.15, -0.1) is 0 Å². The Kier molecular flexibility index (Phi) is 3.35. The van der Waals surface area contributed by atoms with Crippen molar-refractivity contribution >= 4 is 16.6 Å². The fourth-order valence-corrected chi connectivity index (χ4v) is 2.75. The van der Waals surface area contributed by atoms with Crippen LogP contribution in [0.25, 0.3) is 22.2 Å². The summed E-state index contributed by atoms with van der Waals surface area (Å²) in [6.07, 6.45) is 0.00506. The van der Waals surface area contributed by atoms with Crippen molar-refractivity contribution in [2.24, 2.45) is 0 Å². The van der Waals surface area contributed by atoms with Gasteiger partial charge in [0.25, 0.3) is 5.69 Å². The first-order chi connectivity index (χ1) is 11.6. The molecule has 1 unspecified atom stereocenters. The van der Waals surface area contributed by atoms with Crippen molar-refractivity contribution in [2.45, 2.75) is 12.6 Å². The number of rotatable bonds is 4. The van der Waals surface area contributed by atoms with Crippen molar-refractivity contribution < 1.29 is 9.66 Å². The Balaban J connectivity index is 2.02. The van der Waals surface area contributed by atoms with Crippen LogP contribution in [0.4, 0.5) is 5.69 Å². The molecule has 0 radical (unpaired) electrons. The average molecular weight is 323 g/mol. The number of non-ortho nitro benzene ring substituents is 1. The van der Waals surface area contributed by atoms with E-state index in [2.05, 4.69) is 4.98 Å². The Labute approximate surface area is 136 Å². The molecule has 7 heteroatoms. The van der Waals surface area contributed by atoms with Gasteiger partial charge in [0.15, 0.2) is 0 Å². The highest BCUT2D eigenvalue weighted by atomic mass is 16.6. The van der Waals surface area contributed by atoms with E-state index in [0.717, 1.165) is 5.56 Å². The Morgan fingerprint density at radius 2 is 2.00 bits per heavy atom. The lowest BCUT2D eigenvalue weighted by molar-refractivity contribution is -0.384. The van der Waals surface area contributed by atoms with Crippen LogP contribution in [-0.2, 0) is 11.3 Å². The van der Waals surface area contributed by atoms with Crippen LogP contribution in [-0.4, -0.2) is 27.2 Å². The van der Waals surface area contributed by atoms with E-state index in [1.165, 1.54) is 16.7 Å². The number of epoxide rings is 1. The van der Waals surface area contributed by atoms with Crippen LogP contribution in [0.2, 0.25) is 0 Å². The molecule has 7 nitrogen and oxygen atoms in total. The first-order valence-corrected chi connectivity index (χ1v) is 7.49. The molecule has 1 atom stereocenters. The Morgan fingerprint density at radius 1 is 1.25 bits per heavy atom. The molecule has 1 aromatic heterocycles. The average Bonchev–Trinajstić information content (AvgIpc) is 3.41. The summed E-state index contributed by atoms with van der Waals surface area (Å²) in [5.41, 5.74) is 1.40. The molecular weight excluding hydrogens is 310 g/mol. The normalized spacial score (nSPS) is 16.2. The van der Waals surface area contributed by atoms with Crippen LogP contribution in [0.1, 0.15) is 0 Å². The molecular formula is C17H13N3O4. The number of nitro groups is 1. The van der Waals surface area contributed by atoms with E-state index < -0.39 is 4.92 Å². The van der Waals surface area contributed by atoms with Crippen LogP contribution >= 0.6 is 0 Å². The molecule has 0 spiro atoms. The maximum atomic E-state index is 12.5. The van der Waals surface area contributed by atoms with E-state index in [1.54, 1.807) is 6.07 Å². The molecule has 2 heterocycles. The summed E-state index contributed by atoms with van der Waals surface area (Å²) in [7, 11) is 0. The standard InChI is InChI=1S/C17H13N3O4/c21-17-18-16(11-4-2-1-3-5-11)14-8-12(20(22)23)6-7-15(14)19(17)9-13-10-24-13/h1-8,13H,9-10H2. The Hall–Kier alpha value is -3.06.